The minimum atomic E-state index is -0.604. The molecule has 0 unspecified atom stereocenters. The molecule has 0 saturated carbocycles. The third-order valence-electron chi connectivity index (χ3n) is 8.97. The fraction of sp³-hybridized carbons (Fsp3) is 0.250. The predicted molar refractivity (Wildman–Crippen MR) is 193 cm³/mol. The van der Waals surface area contributed by atoms with Gasteiger partial charge in [0.15, 0.2) is 46.0 Å². The first-order valence-electron chi connectivity index (χ1n) is 16.0. The van der Waals surface area contributed by atoms with Crippen LogP contribution in [0.3, 0.4) is 0 Å². The van der Waals surface area contributed by atoms with Gasteiger partial charge in [0, 0.05) is 34.1 Å². The molecule has 0 radical (unpaired) electrons. The molecular weight excluding hydrogens is 672 g/mol. The van der Waals surface area contributed by atoms with Crippen LogP contribution in [0.2, 0.25) is 0 Å². The van der Waals surface area contributed by atoms with Gasteiger partial charge in [-0.2, -0.15) is 0 Å². The van der Waals surface area contributed by atoms with E-state index < -0.39 is 11.8 Å². The highest BCUT2D eigenvalue weighted by Crippen LogP contribution is 2.53. The summed E-state index contributed by atoms with van der Waals surface area (Å²) in [5.41, 5.74) is 4.05. The van der Waals surface area contributed by atoms with E-state index in [4.69, 9.17) is 37.9 Å². The molecule has 0 atom stereocenters. The van der Waals surface area contributed by atoms with E-state index in [1.54, 1.807) is 24.3 Å². The topological polar surface area (TPSA) is 155 Å². The fourth-order valence-electron chi connectivity index (χ4n) is 6.74. The number of hydrogen-bond donors (Lipinski definition) is 4. The van der Waals surface area contributed by atoms with Gasteiger partial charge in [-0.25, -0.2) is 0 Å². The van der Waals surface area contributed by atoms with Gasteiger partial charge in [0.25, 0.3) is 0 Å². The third-order valence-corrected chi connectivity index (χ3v) is 8.97. The Morgan fingerprint density at radius 2 is 0.481 bits per heavy atom. The lowest BCUT2D eigenvalue weighted by Gasteiger charge is -2.27. The van der Waals surface area contributed by atoms with E-state index in [1.165, 1.54) is 81.1 Å². The molecule has 274 valence electrons. The SMILES string of the molecule is COc1c(O)ccc(C(c2ccc(C(c3ccc(O)c(OC)c3OC)c3ccc(O)c(OC)c3OC)cc2)c2ccc(O)c(OC)c2OC)c1OC. The second kappa shape index (κ2) is 15.7. The summed E-state index contributed by atoms with van der Waals surface area (Å²) in [6, 6.07) is 20.7. The number of benzene rings is 5. The second-order valence-electron chi connectivity index (χ2n) is 11.5. The Balaban J connectivity index is 1.81. The molecule has 5 rings (SSSR count). The molecule has 12 heteroatoms. The summed E-state index contributed by atoms with van der Waals surface area (Å²) in [5, 5.41) is 42.6. The van der Waals surface area contributed by atoms with Gasteiger partial charge < -0.3 is 58.3 Å². The van der Waals surface area contributed by atoms with Crippen molar-refractivity contribution in [1.82, 2.24) is 0 Å². The molecule has 0 fully saturated rings. The average molecular weight is 715 g/mol. The molecule has 4 N–H and O–H groups in total. The van der Waals surface area contributed by atoms with Crippen LogP contribution < -0.4 is 37.9 Å². The monoisotopic (exact) mass is 714 g/mol. The predicted octanol–water partition coefficient (Wildman–Crippen LogP) is 6.94. The number of rotatable bonds is 14. The summed E-state index contributed by atoms with van der Waals surface area (Å²) in [5.74, 6) is 0.146. The maximum Gasteiger partial charge on any atom is 0.203 e. The van der Waals surface area contributed by atoms with Crippen molar-refractivity contribution in [3.63, 3.8) is 0 Å². The minimum Gasteiger partial charge on any atom is -0.504 e. The van der Waals surface area contributed by atoms with Crippen molar-refractivity contribution >= 4 is 0 Å². The zero-order chi connectivity index (χ0) is 37.7. The largest absolute Gasteiger partial charge is 0.504 e. The van der Waals surface area contributed by atoms with Crippen LogP contribution in [-0.4, -0.2) is 77.3 Å². The van der Waals surface area contributed by atoms with Gasteiger partial charge >= 0.3 is 0 Å². The standard InChI is InChI=1S/C40H42O12/c1-45-33-23(13-17-27(41)37(33)49-5)31(24-14-18-28(42)38(50-6)34(24)46-2)21-9-11-22(12-10-21)32(25-15-19-29(43)39(51-7)35(25)47-3)26-16-20-30(44)40(52-8)36(26)48-4/h9-20,31-32,41-44H,1-8H3. The van der Waals surface area contributed by atoms with Gasteiger partial charge in [-0.3, -0.25) is 0 Å². The van der Waals surface area contributed by atoms with E-state index in [1.807, 2.05) is 24.3 Å². The van der Waals surface area contributed by atoms with Crippen molar-refractivity contribution in [1.29, 1.82) is 0 Å². The number of ether oxygens (including phenoxy) is 8. The van der Waals surface area contributed by atoms with Crippen LogP contribution in [0.25, 0.3) is 0 Å². The molecule has 0 aliphatic heterocycles. The molecule has 0 spiro atoms. The van der Waals surface area contributed by atoms with Gasteiger partial charge in [-0.05, 0) is 35.4 Å². The summed E-state index contributed by atoms with van der Waals surface area (Å²) in [6.07, 6.45) is 0. The molecule has 0 aromatic heterocycles. The first-order valence-corrected chi connectivity index (χ1v) is 16.0. The first kappa shape index (κ1) is 37.0. The number of aromatic hydroxyl groups is 4. The Bertz CT molecular complexity index is 1770. The van der Waals surface area contributed by atoms with Crippen LogP contribution in [0.15, 0.2) is 72.8 Å². The summed E-state index contributed by atoms with van der Waals surface area (Å²) in [4.78, 5) is 0. The van der Waals surface area contributed by atoms with Crippen LogP contribution >= 0.6 is 0 Å². The molecule has 5 aromatic carbocycles. The fourth-order valence-corrected chi connectivity index (χ4v) is 6.74. The quantitative estimate of drug-likeness (QED) is 0.0881. The number of hydrogen-bond acceptors (Lipinski definition) is 12. The van der Waals surface area contributed by atoms with Crippen molar-refractivity contribution in [3.8, 4) is 69.0 Å². The molecule has 12 nitrogen and oxygen atoms in total. The smallest absolute Gasteiger partial charge is 0.203 e. The Morgan fingerprint density at radius 3 is 0.654 bits per heavy atom. The van der Waals surface area contributed by atoms with Crippen molar-refractivity contribution in [3.05, 3.63) is 106 Å². The Labute approximate surface area is 301 Å². The van der Waals surface area contributed by atoms with E-state index in [9.17, 15) is 20.4 Å². The molecule has 0 aliphatic carbocycles. The summed E-state index contributed by atoms with van der Waals surface area (Å²) in [7, 11) is 11.7. The Kier molecular flexibility index (Phi) is 11.2. The van der Waals surface area contributed by atoms with Crippen molar-refractivity contribution in [2.45, 2.75) is 11.8 Å². The van der Waals surface area contributed by atoms with Crippen molar-refractivity contribution in [2.24, 2.45) is 0 Å². The third kappa shape index (κ3) is 6.39. The first-order chi connectivity index (χ1) is 25.1. The normalized spacial score (nSPS) is 11.0. The summed E-state index contributed by atoms with van der Waals surface area (Å²) >= 11 is 0. The van der Waals surface area contributed by atoms with Crippen LogP contribution in [0.5, 0.6) is 69.0 Å². The summed E-state index contributed by atoms with van der Waals surface area (Å²) in [6.45, 7) is 0. The van der Waals surface area contributed by atoms with E-state index in [0.29, 0.717) is 45.3 Å². The van der Waals surface area contributed by atoms with E-state index in [-0.39, 0.29) is 46.0 Å². The second-order valence-corrected chi connectivity index (χ2v) is 11.5. The highest BCUT2D eigenvalue weighted by atomic mass is 16.5. The highest BCUT2D eigenvalue weighted by molar-refractivity contribution is 5.67. The zero-order valence-corrected chi connectivity index (χ0v) is 30.1. The van der Waals surface area contributed by atoms with Gasteiger partial charge in [-0.15, -0.1) is 0 Å². The molecule has 0 heterocycles. The van der Waals surface area contributed by atoms with Crippen LogP contribution in [0.4, 0.5) is 0 Å². The molecule has 0 aliphatic rings. The minimum absolute atomic E-state index is 0.105. The number of phenols is 4. The van der Waals surface area contributed by atoms with E-state index >= 15 is 0 Å². The molecule has 0 saturated heterocycles. The number of phenolic OH excluding ortho intramolecular Hbond substituents is 4. The Hall–Kier alpha value is -6.30. The number of methoxy groups -OCH3 is 8. The van der Waals surface area contributed by atoms with Crippen molar-refractivity contribution in [2.75, 3.05) is 56.9 Å². The Morgan fingerprint density at radius 1 is 0.288 bits per heavy atom. The average Bonchev–Trinajstić information content (AvgIpc) is 3.16. The van der Waals surface area contributed by atoms with E-state index in [0.717, 1.165) is 11.1 Å². The van der Waals surface area contributed by atoms with Gasteiger partial charge in [-0.1, -0.05) is 48.5 Å². The lowest BCUT2D eigenvalue weighted by molar-refractivity contribution is 0.326. The van der Waals surface area contributed by atoms with Gasteiger partial charge in [0.05, 0.1) is 56.9 Å². The lowest BCUT2D eigenvalue weighted by Crippen LogP contribution is -2.11. The van der Waals surface area contributed by atoms with Gasteiger partial charge in [0.1, 0.15) is 0 Å². The maximum atomic E-state index is 10.6. The van der Waals surface area contributed by atoms with Crippen LogP contribution in [0.1, 0.15) is 45.2 Å². The summed E-state index contributed by atoms with van der Waals surface area (Å²) < 4.78 is 45.5. The molecule has 0 bridgehead atoms. The molecule has 0 amide bonds. The molecule has 52 heavy (non-hydrogen) atoms. The van der Waals surface area contributed by atoms with Gasteiger partial charge in [0.2, 0.25) is 23.0 Å². The zero-order valence-electron chi connectivity index (χ0n) is 30.1. The van der Waals surface area contributed by atoms with Crippen LogP contribution in [-0.2, 0) is 0 Å². The van der Waals surface area contributed by atoms with E-state index in [2.05, 4.69) is 0 Å². The van der Waals surface area contributed by atoms with Crippen LogP contribution in [0, 0.1) is 0 Å². The van der Waals surface area contributed by atoms with Crippen molar-refractivity contribution < 1.29 is 58.3 Å². The molecular formula is C40H42O12. The molecule has 5 aromatic rings. The highest BCUT2D eigenvalue weighted by Gasteiger charge is 2.32. The lowest BCUT2D eigenvalue weighted by atomic mass is 9.80. The maximum absolute atomic E-state index is 10.6.